The molecule has 0 heterocycles. The molecular formula is C89H113O3P. The van der Waals surface area contributed by atoms with E-state index in [9.17, 15) is 4.57 Å². The maximum absolute atomic E-state index is 13.9. The molecule has 0 radical (unpaired) electrons. The van der Waals surface area contributed by atoms with Gasteiger partial charge in [0.25, 0.3) is 0 Å². The minimum atomic E-state index is -3.44. The van der Waals surface area contributed by atoms with Crippen LogP contribution in [-0.4, -0.2) is 14.2 Å². The highest BCUT2D eigenvalue weighted by Gasteiger charge is 2.26. The van der Waals surface area contributed by atoms with E-state index < -0.39 is 7.60 Å². The summed E-state index contributed by atoms with van der Waals surface area (Å²) in [7, 11) is -0.517. The Labute approximate surface area is 564 Å². The second-order valence-electron chi connectivity index (χ2n) is 34.4. The standard InChI is InChI=1S/C89H113O3P/c1-82(2,3)74-48-69(49-75(56-74)83(4,5)6)35-31-63-39-61(40-64(43-63)32-36-70-50-76(84(7,8)9)57-77(51-70)85(10,11)12)27-29-67-45-68(47-73(46-67)60-93(90,91-25)92-26)30-28-62-41-65(33-37-71-52-78(86(13,14)15)58-79(53-71)87(16,17)18)44-66(42-62)34-38-72-54-80(88(19,20)21)59-81(55-72)89(22,23)24/h27-59H,60H2,1-26H3/b29-27+,30-28+,35-31+,36-32+,37-33+,38-34+. The van der Waals surface area contributed by atoms with Gasteiger partial charge in [-0.1, -0.05) is 324 Å². The summed E-state index contributed by atoms with van der Waals surface area (Å²) in [5.41, 5.74) is 24.6. The Bertz CT molecular complexity index is 3460. The van der Waals surface area contributed by atoms with Crippen LogP contribution in [0.4, 0.5) is 0 Å². The minimum Gasteiger partial charge on any atom is -0.312 e. The molecule has 0 N–H and O–H groups in total. The molecule has 0 aliphatic heterocycles. The summed E-state index contributed by atoms with van der Waals surface area (Å²) in [6.07, 6.45) is 26.9. The van der Waals surface area contributed by atoms with Crippen molar-refractivity contribution < 1.29 is 13.6 Å². The van der Waals surface area contributed by atoms with Crippen molar-refractivity contribution in [3.8, 4) is 0 Å². The van der Waals surface area contributed by atoms with Gasteiger partial charge in [0, 0.05) is 14.2 Å². The first-order valence-corrected chi connectivity index (χ1v) is 35.4. The van der Waals surface area contributed by atoms with Crippen LogP contribution in [0.3, 0.4) is 0 Å². The summed E-state index contributed by atoms with van der Waals surface area (Å²) in [6.45, 7) is 55.0. The van der Waals surface area contributed by atoms with E-state index in [0.29, 0.717) is 0 Å². The molecule has 492 valence electrons. The molecule has 0 bridgehead atoms. The molecule has 93 heavy (non-hydrogen) atoms. The Morgan fingerprint density at radius 2 is 0.355 bits per heavy atom. The normalized spacial score (nSPS) is 13.8. The fraction of sp³-hybridized carbons (Fsp3) is 0.393. The number of hydrogen-bond donors (Lipinski definition) is 0. The number of rotatable bonds is 16. The van der Waals surface area contributed by atoms with E-state index in [0.717, 1.165) is 50.1 Å². The lowest BCUT2D eigenvalue weighted by Crippen LogP contribution is -2.16. The molecule has 0 fully saturated rings. The molecule has 0 aliphatic rings. The summed E-state index contributed by atoms with van der Waals surface area (Å²) in [4.78, 5) is 0. The molecule has 0 atom stereocenters. The zero-order valence-electron chi connectivity index (χ0n) is 61.9. The molecule has 0 aromatic heterocycles. The highest BCUT2D eigenvalue weighted by Crippen LogP contribution is 2.50. The fourth-order valence-corrected chi connectivity index (χ4v) is 12.1. The predicted octanol–water partition coefficient (Wildman–Crippen LogP) is 26.1. The van der Waals surface area contributed by atoms with Crippen molar-refractivity contribution in [1.82, 2.24) is 0 Å². The van der Waals surface area contributed by atoms with Crippen LogP contribution in [-0.2, 0) is 63.1 Å². The van der Waals surface area contributed by atoms with Crippen LogP contribution < -0.4 is 0 Å². The maximum Gasteiger partial charge on any atom is 0.334 e. The van der Waals surface area contributed by atoms with Crippen molar-refractivity contribution in [2.24, 2.45) is 0 Å². The average molecular weight is 1260 g/mol. The third kappa shape index (κ3) is 21.3. The fourth-order valence-electron chi connectivity index (χ4n) is 11.0. The van der Waals surface area contributed by atoms with Crippen LogP contribution in [0.15, 0.2) is 127 Å². The minimum absolute atomic E-state index is 0.00130. The van der Waals surface area contributed by atoms with Crippen LogP contribution in [0, 0.1) is 0 Å². The van der Waals surface area contributed by atoms with Gasteiger partial charge in [0.05, 0.1) is 6.16 Å². The maximum atomic E-state index is 13.9. The molecule has 7 rings (SSSR count). The molecule has 0 saturated carbocycles. The molecule has 7 aromatic carbocycles. The molecule has 0 saturated heterocycles. The summed E-state index contributed by atoms with van der Waals surface area (Å²) >= 11 is 0. The summed E-state index contributed by atoms with van der Waals surface area (Å²) in [6, 6.07) is 48.2. The molecule has 0 unspecified atom stereocenters. The lowest BCUT2D eigenvalue weighted by atomic mass is 9.79. The summed E-state index contributed by atoms with van der Waals surface area (Å²) in [5.74, 6) is 0. The van der Waals surface area contributed by atoms with E-state index in [1.54, 1.807) is 0 Å². The van der Waals surface area contributed by atoms with Gasteiger partial charge in [-0.05, 0) is 203 Å². The third-order valence-electron chi connectivity index (χ3n) is 17.5. The van der Waals surface area contributed by atoms with Gasteiger partial charge in [-0.2, -0.15) is 0 Å². The predicted molar refractivity (Wildman–Crippen MR) is 414 cm³/mol. The number of hydrogen-bond acceptors (Lipinski definition) is 3. The van der Waals surface area contributed by atoms with E-state index >= 15 is 0 Å². The van der Waals surface area contributed by atoms with E-state index in [-0.39, 0.29) is 49.5 Å². The average Bonchev–Trinajstić information content (AvgIpc) is 1.03. The first kappa shape index (κ1) is 73.5. The molecule has 0 spiro atoms. The lowest BCUT2D eigenvalue weighted by Gasteiger charge is -2.25. The molecule has 7 aromatic rings. The van der Waals surface area contributed by atoms with Gasteiger partial charge in [-0.3, -0.25) is 4.57 Å². The van der Waals surface area contributed by atoms with Crippen molar-refractivity contribution in [1.29, 1.82) is 0 Å². The van der Waals surface area contributed by atoms with E-state index in [2.05, 4.69) is 366 Å². The summed E-state index contributed by atoms with van der Waals surface area (Å²) < 4.78 is 25.1. The van der Waals surface area contributed by atoms with Crippen LogP contribution in [0.1, 0.15) is 283 Å². The van der Waals surface area contributed by atoms with E-state index in [1.165, 1.54) is 81.0 Å². The Balaban J connectivity index is 1.37. The first-order valence-electron chi connectivity index (χ1n) is 33.6. The van der Waals surface area contributed by atoms with E-state index in [4.69, 9.17) is 9.05 Å². The zero-order chi connectivity index (χ0) is 69.1. The van der Waals surface area contributed by atoms with Crippen molar-refractivity contribution in [3.05, 3.63) is 244 Å². The SMILES string of the molecule is COP(=O)(Cc1cc(/C=C/c2cc(/C=C/c3cc(C(C)(C)C)cc(C(C)(C)C)c3)cc(/C=C/c3cc(C(C)(C)C)cc(C(C)(C)C)c3)c2)cc(/C=C/c2cc(/C=C/c3cc(C(C)(C)C)cc(C(C)(C)C)c3)cc(/C=C/c3cc(C(C)(C)C)cc(C(C)(C)C)c3)c2)c1)OC. The smallest absolute Gasteiger partial charge is 0.312 e. The van der Waals surface area contributed by atoms with Crippen LogP contribution in [0.5, 0.6) is 0 Å². The van der Waals surface area contributed by atoms with Crippen molar-refractivity contribution in [2.75, 3.05) is 14.2 Å². The second-order valence-corrected chi connectivity index (χ2v) is 36.7. The number of benzene rings is 7. The molecule has 4 heteroatoms. The third-order valence-corrected chi connectivity index (χ3v) is 19.4. The van der Waals surface area contributed by atoms with Gasteiger partial charge in [0.1, 0.15) is 0 Å². The van der Waals surface area contributed by atoms with Gasteiger partial charge in [0.2, 0.25) is 0 Å². The second kappa shape index (κ2) is 28.2. The van der Waals surface area contributed by atoms with Crippen LogP contribution >= 0.6 is 7.60 Å². The monoisotopic (exact) mass is 1260 g/mol. The molecule has 3 nitrogen and oxygen atoms in total. The molecular weight excluding hydrogens is 1150 g/mol. The zero-order valence-corrected chi connectivity index (χ0v) is 62.8. The molecule has 0 amide bonds. The Hall–Kier alpha value is -6.87. The van der Waals surface area contributed by atoms with Crippen LogP contribution in [0.2, 0.25) is 0 Å². The Morgan fingerprint density at radius 3 is 0.484 bits per heavy atom. The van der Waals surface area contributed by atoms with E-state index in [1.807, 2.05) is 0 Å². The van der Waals surface area contributed by atoms with Gasteiger partial charge < -0.3 is 9.05 Å². The summed E-state index contributed by atoms with van der Waals surface area (Å²) in [5, 5.41) is 0. The van der Waals surface area contributed by atoms with Gasteiger partial charge >= 0.3 is 7.60 Å². The topological polar surface area (TPSA) is 35.5 Å². The Kier molecular flexibility index (Phi) is 22.3. The van der Waals surface area contributed by atoms with Gasteiger partial charge in [-0.25, -0.2) is 0 Å². The van der Waals surface area contributed by atoms with Gasteiger partial charge in [-0.15, -0.1) is 0 Å². The van der Waals surface area contributed by atoms with Gasteiger partial charge in [0.15, 0.2) is 0 Å². The highest BCUT2D eigenvalue weighted by molar-refractivity contribution is 7.52. The van der Waals surface area contributed by atoms with Crippen LogP contribution in [0.25, 0.3) is 72.9 Å². The largest absolute Gasteiger partial charge is 0.334 e. The van der Waals surface area contributed by atoms with Crippen molar-refractivity contribution >= 4 is 80.5 Å². The molecule has 0 aliphatic carbocycles. The first-order chi connectivity index (χ1) is 42.7. The highest BCUT2D eigenvalue weighted by atomic mass is 31.2. The van der Waals surface area contributed by atoms with Crippen molar-refractivity contribution in [2.45, 2.75) is 216 Å². The lowest BCUT2D eigenvalue weighted by molar-refractivity contribution is 0.275. The Morgan fingerprint density at radius 1 is 0.226 bits per heavy atom. The van der Waals surface area contributed by atoms with Crippen molar-refractivity contribution in [3.63, 3.8) is 0 Å². The quantitative estimate of drug-likeness (QED) is 0.0714.